The first-order valence-electron chi connectivity index (χ1n) is 3.91. The van der Waals surface area contributed by atoms with Gasteiger partial charge in [-0.25, -0.2) is 4.63 Å². The molecule has 2 heterocycles. The van der Waals surface area contributed by atoms with Crippen molar-refractivity contribution < 1.29 is 14.2 Å². The average Bonchev–Trinajstić information content (AvgIpc) is 2.53. The minimum absolute atomic E-state index is 0.156. The summed E-state index contributed by atoms with van der Waals surface area (Å²) < 4.78 is 9.36. The predicted octanol–water partition coefficient (Wildman–Crippen LogP) is -0.460. The molecule has 1 aliphatic heterocycles. The van der Waals surface area contributed by atoms with Crippen LogP contribution in [0.1, 0.15) is 10.5 Å². The number of carbonyl (C=O) groups is 1. The van der Waals surface area contributed by atoms with Gasteiger partial charge in [0.2, 0.25) is 0 Å². The van der Waals surface area contributed by atoms with E-state index in [2.05, 4.69) is 14.9 Å². The van der Waals surface area contributed by atoms with Crippen molar-refractivity contribution in [1.29, 1.82) is 0 Å². The van der Waals surface area contributed by atoms with Crippen LogP contribution in [-0.2, 0) is 4.74 Å². The fourth-order valence-corrected chi connectivity index (χ4v) is 1.17. The molecule has 0 bridgehead atoms. The van der Waals surface area contributed by atoms with Crippen LogP contribution in [0.4, 0.5) is 0 Å². The molecule has 0 atom stereocenters. The Labute approximate surface area is 74.4 Å². The van der Waals surface area contributed by atoms with E-state index in [0.29, 0.717) is 13.1 Å². The Morgan fingerprint density at radius 1 is 1.77 bits per heavy atom. The van der Waals surface area contributed by atoms with Crippen molar-refractivity contribution in [3.05, 3.63) is 11.9 Å². The number of aromatic nitrogens is 2. The molecule has 1 saturated heterocycles. The Morgan fingerprint density at radius 2 is 2.54 bits per heavy atom. The number of rotatable bonds is 2. The Balaban J connectivity index is 1.94. The second kappa shape index (κ2) is 3.14. The van der Waals surface area contributed by atoms with Crippen LogP contribution in [0.25, 0.3) is 0 Å². The van der Waals surface area contributed by atoms with Crippen LogP contribution in [0.15, 0.2) is 10.8 Å². The van der Waals surface area contributed by atoms with Crippen molar-refractivity contribution in [2.75, 3.05) is 20.2 Å². The molecule has 0 radical (unpaired) electrons. The maximum Gasteiger partial charge on any atom is 0.277 e. The van der Waals surface area contributed by atoms with Gasteiger partial charge in [0.05, 0.1) is 6.10 Å². The SMILES string of the molecule is COC1CN(C(=O)c2cnon2)C1. The van der Waals surface area contributed by atoms with Gasteiger partial charge in [-0.05, 0) is 5.16 Å². The lowest BCUT2D eigenvalue weighted by Gasteiger charge is -2.37. The molecule has 0 unspecified atom stereocenters. The zero-order valence-electron chi connectivity index (χ0n) is 7.14. The van der Waals surface area contributed by atoms with E-state index >= 15 is 0 Å². The smallest absolute Gasteiger partial charge is 0.277 e. The molecule has 1 fully saturated rings. The van der Waals surface area contributed by atoms with Gasteiger partial charge in [-0.15, -0.1) is 0 Å². The van der Waals surface area contributed by atoms with E-state index in [1.54, 1.807) is 12.0 Å². The third kappa shape index (κ3) is 1.40. The normalized spacial score (nSPS) is 17.2. The third-order valence-corrected chi connectivity index (χ3v) is 2.05. The van der Waals surface area contributed by atoms with Crippen molar-refractivity contribution in [2.24, 2.45) is 0 Å². The van der Waals surface area contributed by atoms with Gasteiger partial charge < -0.3 is 9.64 Å². The summed E-state index contributed by atoms with van der Waals surface area (Å²) in [6, 6.07) is 0. The predicted molar refractivity (Wildman–Crippen MR) is 41.0 cm³/mol. The second-order valence-electron chi connectivity index (χ2n) is 2.86. The molecule has 1 aliphatic rings. The molecule has 0 aliphatic carbocycles. The maximum atomic E-state index is 11.5. The average molecular weight is 183 g/mol. The molecule has 0 spiro atoms. The standard InChI is InChI=1S/C7H9N3O3/c1-12-5-3-10(4-5)7(11)6-2-8-13-9-6/h2,5H,3-4H2,1H3. The zero-order chi connectivity index (χ0) is 9.26. The van der Waals surface area contributed by atoms with Crippen LogP contribution in [0.3, 0.4) is 0 Å². The van der Waals surface area contributed by atoms with Gasteiger partial charge in [0.1, 0.15) is 6.20 Å². The monoisotopic (exact) mass is 183 g/mol. The van der Waals surface area contributed by atoms with Crippen LogP contribution in [-0.4, -0.2) is 47.4 Å². The summed E-state index contributed by atoms with van der Waals surface area (Å²) in [5.41, 5.74) is 0.245. The van der Waals surface area contributed by atoms with Crippen molar-refractivity contribution in [2.45, 2.75) is 6.10 Å². The van der Waals surface area contributed by atoms with Gasteiger partial charge in [0.25, 0.3) is 5.91 Å². The number of hydrogen-bond acceptors (Lipinski definition) is 5. The van der Waals surface area contributed by atoms with Gasteiger partial charge in [-0.3, -0.25) is 4.79 Å². The third-order valence-electron chi connectivity index (χ3n) is 2.05. The Hall–Kier alpha value is -1.43. The first-order valence-corrected chi connectivity index (χ1v) is 3.91. The van der Waals surface area contributed by atoms with E-state index in [1.807, 2.05) is 0 Å². The van der Waals surface area contributed by atoms with E-state index in [0.717, 1.165) is 0 Å². The number of methoxy groups -OCH3 is 1. The summed E-state index contributed by atoms with van der Waals surface area (Å²) in [6.07, 6.45) is 1.46. The summed E-state index contributed by atoms with van der Waals surface area (Å²) in [7, 11) is 1.63. The van der Waals surface area contributed by atoms with Crippen LogP contribution < -0.4 is 0 Å². The van der Waals surface area contributed by atoms with Gasteiger partial charge in [-0.2, -0.15) is 0 Å². The first-order chi connectivity index (χ1) is 6.31. The highest BCUT2D eigenvalue weighted by atomic mass is 16.6. The number of carbonyl (C=O) groups excluding carboxylic acids is 1. The largest absolute Gasteiger partial charge is 0.378 e. The second-order valence-corrected chi connectivity index (χ2v) is 2.86. The van der Waals surface area contributed by atoms with E-state index < -0.39 is 0 Å². The number of likely N-dealkylation sites (tertiary alicyclic amines) is 1. The summed E-state index contributed by atoms with van der Waals surface area (Å²) in [4.78, 5) is 13.1. The summed E-state index contributed by atoms with van der Waals surface area (Å²) in [5.74, 6) is -0.158. The van der Waals surface area contributed by atoms with Crippen LogP contribution in [0, 0.1) is 0 Å². The van der Waals surface area contributed by atoms with Crippen molar-refractivity contribution in [3.8, 4) is 0 Å². The van der Waals surface area contributed by atoms with E-state index in [-0.39, 0.29) is 17.7 Å². The molecular formula is C7H9N3O3. The van der Waals surface area contributed by atoms with Crippen LogP contribution in [0.2, 0.25) is 0 Å². The molecule has 0 saturated carbocycles. The summed E-state index contributed by atoms with van der Waals surface area (Å²) >= 11 is 0. The highest BCUT2D eigenvalue weighted by Crippen LogP contribution is 2.13. The molecule has 0 N–H and O–H groups in total. The first kappa shape index (κ1) is 8.18. The highest BCUT2D eigenvalue weighted by molar-refractivity contribution is 5.92. The van der Waals surface area contributed by atoms with Crippen molar-refractivity contribution in [3.63, 3.8) is 0 Å². The summed E-state index contributed by atoms with van der Waals surface area (Å²) in [6.45, 7) is 1.23. The molecule has 13 heavy (non-hydrogen) atoms. The number of ether oxygens (including phenoxy) is 1. The number of amides is 1. The zero-order valence-corrected chi connectivity index (χ0v) is 7.14. The summed E-state index contributed by atoms with van der Waals surface area (Å²) in [5, 5.41) is 6.81. The van der Waals surface area contributed by atoms with Crippen molar-refractivity contribution in [1.82, 2.24) is 15.2 Å². The molecular weight excluding hydrogens is 174 g/mol. The lowest BCUT2D eigenvalue weighted by molar-refractivity contribution is -0.0196. The molecule has 6 nitrogen and oxygen atoms in total. The lowest BCUT2D eigenvalue weighted by atomic mass is 10.1. The van der Waals surface area contributed by atoms with Gasteiger partial charge in [-0.1, -0.05) is 5.16 Å². The molecule has 2 rings (SSSR count). The van der Waals surface area contributed by atoms with Crippen LogP contribution in [0.5, 0.6) is 0 Å². The molecule has 1 amide bonds. The highest BCUT2D eigenvalue weighted by Gasteiger charge is 2.32. The van der Waals surface area contributed by atoms with Gasteiger partial charge in [0, 0.05) is 20.2 Å². The molecule has 1 aromatic rings. The molecule has 70 valence electrons. The van der Waals surface area contributed by atoms with Gasteiger partial charge in [0.15, 0.2) is 5.69 Å². The molecule has 1 aromatic heterocycles. The Morgan fingerprint density at radius 3 is 3.08 bits per heavy atom. The quantitative estimate of drug-likeness (QED) is 0.620. The minimum atomic E-state index is -0.158. The Bertz CT molecular complexity index is 292. The van der Waals surface area contributed by atoms with Crippen molar-refractivity contribution >= 4 is 5.91 Å². The molecule has 0 aromatic carbocycles. The fourth-order valence-electron chi connectivity index (χ4n) is 1.17. The van der Waals surface area contributed by atoms with E-state index in [9.17, 15) is 4.79 Å². The lowest BCUT2D eigenvalue weighted by Crippen LogP contribution is -2.54. The number of hydrogen-bond donors (Lipinski definition) is 0. The van der Waals surface area contributed by atoms with E-state index in [4.69, 9.17) is 4.74 Å². The van der Waals surface area contributed by atoms with Crippen LogP contribution >= 0.6 is 0 Å². The Kier molecular flexibility index (Phi) is 1.97. The van der Waals surface area contributed by atoms with E-state index in [1.165, 1.54) is 6.20 Å². The number of nitrogens with zero attached hydrogens (tertiary/aromatic N) is 3. The van der Waals surface area contributed by atoms with Gasteiger partial charge >= 0.3 is 0 Å². The fraction of sp³-hybridized carbons (Fsp3) is 0.571. The molecule has 6 heteroatoms. The minimum Gasteiger partial charge on any atom is -0.378 e. The maximum absolute atomic E-state index is 11.5. The topological polar surface area (TPSA) is 68.5 Å².